The molecule has 0 saturated carbocycles. The Hall–Kier alpha value is -2.09. The lowest BCUT2D eigenvalue weighted by Crippen LogP contribution is -2.20. The number of rotatable bonds is 2. The number of para-hydroxylation sites is 1. The van der Waals surface area contributed by atoms with E-state index in [1.54, 1.807) is 0 Å². The molecule has 2 heteroatoms. The molecule has 1 saturated heterocycles. The minimum atomic E-state index is 0.331. The Morgan fingerprint density at radius 2 is 1.61 bits per heavy atom. The number of hydrogen-bond acceptors (Lipinski definition) is 2. The van der Waals surface area contributed by atoms with Crippen molar-refractivity contribution < 1.29 is 4.79 Å². The molecule has 1 heterocycles. The Bertz CT molecular complexity index is 562. The number of ketones is 1. The van der Waals surface area contributed by atoms with Gasteiger partial charge in [0, 0.05) is 24.2 Å². The highest BCUT2D eigenvalue weighted by atomic mass is 16.1. The highest BCUT2D eigenvalue weighted by molar-refractivity contribution is 5.90. The van der Waals surface area contributed by atoms with Crippen molar-refractivity contribution in [1.82, 2.24) is 0 Å². The van der Waals surface area contributed by atoms with Gasteiger partial charge in [-0.1, -0.05) is 48.5 Å². The van der Waals surface area contributed by atoms with E-state index < -0.39 is 0 Å². The van der Waals surface area contributed by atoms with E-state index in [-0.39, 0.29) is 0 Å². The normalized spacial score (nSPS) is 15.1. The second-order valence-corrected chi connectivity index (χ2v) is 4.59. The lowest BCUT2D eigenvalue weighted by molar-refractivity contribution is -0.116. The standard InChI is InChI=1S/C16H15NO/c18-14-10-11-17(12-14)16-9-5-4-8-15(16)13-6-2-1-3-7-13/h1-9H,10-12H2. The van der Waals surface area contributed by atoms with Crippen LogP contribution in [0.25, 0.3) is 11.1 Å². The first-order valence-electron chi connectivity index (χ1n) is 6.26. The van der Waals surface area contributed by atoms with E-state index in [1.165, 1.54) is 11.1 Å². The molecule has 0 N–H and O–H groups in total. The van der Waals surface area contributed by atoms with Gasteiger partial charge in [0.15, 0.2) is 5.78 Å². The van der Waals surface area contributed by atoms with Gasteiger partial charge in [0.1, 0.15) is 0 Å². The predicted octanol–water partition coefficient (Wildman–Crippen LogP) is 3.13. The molecule has 1 aliphatic rings. The molecular weight excluding hydrogens is 222 g/mol. The number of benzene rings is 2. The molecule has 1 fully saturated rings. The summed E-state index contributed by atoms with van der Waals surface area (Å²) in [4.78, 5) is 13.6. The van der Waals surface area contributed by atoms with Gasteiger partial charge >= 0.3 is 0 Å². The van der Waals surface area contributed by atoms with Crippen LogP contribution in [0, 0.1) is 0 Å². The lowest BCUT2D eigenvalue weighted by Gasteiger charge is -2.20. The predicted molar refractivity (Wildman–Crippen MR) is 73.7 cm³/mol. The van der Waals surface area contributed by atoms with Gasteiger partial charge in [-0.05, 0) is 11.6 Å². The summed E-state index contributed by atoms with van der Waals surface area (Å²) in [5, 5.41) is 0. The summed E-state index contributed by atoms with van der Waals surface area (Å²) in [5.41, 5.74) is 3.56. The molecule has 0 radical (unpaired) electrons. The van der Waals surface area contributed by atoms with E-state index in [0.29, 0.717) is 18.7 Å². The number of anilines is 1. The first kappa shape index (κ1) is 11.0. The van der Waals surface area contributed by atoms with Crippen LogP contribution in [0.2, 0.25) is 0 Å². The van der Waals surface area contributed by atoms with Crippen molar-refractivity contribution in [2.75, 3.05) is 18.0 Å². The molecule has 0 aliphatic carbocycles. The molecule has 2 aromatic carbocycles. The van der Waals surface area contributed by atoms with Crippen LogP contribution in [0.5, 0.6) is 0 Å². The fourth-order valence-corrected chi connectivity index (χ4v) is 2.45. The molecule has 2 nitrogen and oxygen atoms in total. The molecular formula is C16H15NO. The minimum Gasteiger partial charge on any atom is -0.363 e. The summed E-state index contributed by atoms with van der Waals surface area (Å²) < 4.78 is 0. The topological polar surface area (TPSA) is 20.3 Å². The van der Waals surface area contributed by atoms with Crippen molar-refractivity contribution >= 4 is 11.5 Å². The maximum absolute atomic E-state index is 11.4. The minimum absolute atomic E-state index is 0.331. The number of carbonyl (C=O) groups is 1. The van der Waals surface area contributed by atoms with E-state index in [0.717, 1.165) is 12.2 Å². The van der Waals surface area contributed by atoms with Crippen LogP contribution in [-0.4, -0.2) is 18.9 Å². The number of Topliss-reactive ketones (excluding diaryl/α,β-unsaturated/α-hetero) is 1. The van der Waals surface area contributed by atoms with E-state index >= 15 is 0 Å². The molecule has 0 atom stereocenters. The highest BCUT2D eigenvalue weighted by Crippen LogP contribution is 2.31. The summed E-state index contributed by atoms with van der Waals surface area (Å²) in [6, 6.07) is 18.6. The molecule has 1 aliphatic heterocycles. The summed E-state index contributed by atoms with van der Waals surface area (Å²) in [6.07, 6.45) is 0.670. The smallest absolute Gasteiger partial charge is 0.153 e. The zero-order chi connectivity index (χ0) is 12.4. The Balaban J connectivity index is 2.03. The Kier molecular flexibility index (Phi) is 2.85. The van der Waals surface area contributed by atoms with Gasteiger partial charge in [-0.2, -0.15) is 0 Å². The fraction of sp³-hybridized carbons (Fsp3) is 0.188. The Labute approximate surface area is 107 Å². The molecule has 2 aromatic rings. The quantitative estimate of drug-likeness (QED) is 0.799. The zero-order valence-electron chi connectivity index (χ0n) is 10.2. The van der Waals surface area contributed by atoms with Crippen LogP contribution >= 0.6 is 0 Å². The number of hydrogen-bond donors (Lipinski definition) is 0. The maximum atomic E-state index is 11.4. The van der Waals surface area contributed by atoms with Crippen molar-refractivity contribution in [1.29, 1.82) is 0 Å². The lowest BCUT2D eigenvalue weighted by atomic mass is 10.0. The van der Waals surface area contributed by atoms with Crippen LogP contribution < -0.4 is 4.90 Å². The third-order valence-corrected chi connectivity index (χ3v) is 3.36. The average Bonchev–Trinajstić information content (AvgIpc) is 2.86. The van der Waals surface area contributed by atoms with Gasteiger partial charge in [-0.3, -0.25) is 4.79 Å². The molecule has 0 bridgehead atoms. The molecule has 0 spiro atoms. The van der Waals surface area contributed by atoms with Gasteiger partial charge < -0.3 is 4.90 Å². The number of carbonyl (C=O) groups excluding carboxylic acids is 1. The van der Waals surface area contributed by atoms with Crippen molar-refractivity contribution in [2.45, 2.75) is 6.42 Å². The van der Waals surface area contributed by atoms with Crippen molar-refractivity contribution in [3.05, 3.63) is 54.6 Å². The third-order valence-electron chi connectivity index (χ3n) is 3.36. The van der Waals surface area contributed by atoms with Crippen LogP contribution in [0.4, 0.5) is 5.69 Å². The SMILES string of the molecule is O=C1CCN(c2ccccc2-c2ccccc2)C1. The summed E-state index contributed by atoms with van der Waals surface area (Å²) >= 11 is 0. The first-order valence-corrected chi connectivity index (χ1v) is 6.26. The van der Waals surface area contributed by atoms with E-state index in [2.05, 4.69) is 29.2 Å². The summed E-state index contributed by atoms with van der Waals surface area (Å²) in [6.45, 7) is 1.38. The average molecular weight is 237 g/mol. The zero-order valence-corrected chi connectivity index (χ0v) is 10.2. The molecule has 3 rings (SSSR count). The largest absolute Gasteiger partial charge is 0.363 e. The first-order chi connectivity index (χ1) is 8.84. The maximum Gasteiger partial charge on any atom is 0.153 e. The van der Waals surface area contributed by atoms with Crippen LogP contribution in [-0.2, 0) is 4.79 Å². The monoisotopic (exact) mass is 237 g/mol. The molecule has 18 heavy (non-hydrogen) atoms. The Morgan fingerprint density at radius 3 is 2.33 bits per heavy atom. The number of nitrogens with zero attached hydrogens (tertiary/aromatic N) is 1. The van der Waals surface area contributed by atoms with Gasteiger partial charge in [0.05, 0.1) is 6.54 Å². The second kappa shape index (κ2) is 4.65. The van der Waals surface area contributed by atoms with Gasteiger partial charge in [0.2, 0.25) is 0 Å². The summed E-state index contributed by atoms with van der Waals surface area (Å²) in [7, 11) is 0. The fourth-order valence-electron chi connectivity index (χ4n) is 2.45. The second-order valence-electron chi connectivity index (χ2n) is 4.59. The molecule has 0 unspecified atom stereocenters. The van der Waals surface area contributed by atoms with E-state index in [1.807, 2.05) is 30.3 Å². The van der Waals surface area contributed by atoms with Crippen LogP contribution in [0.3, 0.4) is 0 Å². The van der Waals surface area contributed by atoms with E-state index in [9.17, 15) is 4.79 Å². The van der Waals surface area contributed by atoms with Crippen molar-refractivity contribution in [2.24, 2.45) is 0 Å². The van der Waals surface area contributed by atoms with E-state index in [4.69, 9.17) is 0 Å². The van der Waals surface area contributed by atoms with Crippen LogP contribution in [0.1, 0.15) is 6.42 Å². The summed E-state index contributed by atoms with van der Waals surface area (Å²) in [5.74, 6) is 0.331. The molecule has 90 valence electrons. The highest BCUT2D eigenvalue weighted by Gasteiger charge is 2.21. The Morgan fingerprint density at radius 1 is 0.889 bits per heavy atom. The molecule has 0 amide bonds. The third kappa shape index (κ3) is 2.02. The van der Waals surface area contributed by atoms with Gasteiger partial charge in [-0.15, -0.1) is 0 Å². The van der Waals surface area contributed by atoms with Crippen molar-refractivity contribution in [3.8, 4) is 11.1 Å². The van der Waals surface area contributed by atoms with Crippen molar-refractivity contribution in [3.63, 3.8) is 0 Å². The van der Waals surface area contributed by atoms with Gasteiger partial charge in [-0.25, -0.2) is 0 Å². The van der Waals surface area contributed by atoms with Gasteiger partial charge in [0.25, 0.3) is 0 Å². The molecule has 0 aromatic heterocycles. The van der Waals surface area contributed by atoms with Crippen LogP contribution in [0.15, 0.2) is 54.6 Å².